The summed E-state index contributed by atoms with van der Waals surface area (Å²) in [6, 6.07) is 14.3. The summed E-state index contributed by atoms with van der Waals surface area (Å²) < 4.78 is 17.0. The average Bonchev–Trinajstić information content (AvgIpc) is 3.41. The minimum atomic E-state index is -1.63. The van der Waals surface area contributed by atoms with Crippen LogP contribution in [0.4, 0.5) is 5.69 Å². The molecular formula is C34H32ClNO6. The number of hydrogen-bond donors (Lipinski definition) is 0. The molecule has 216 valence electrons. The second-order valence-corrected chi connectivity index (χ2v) is 12.4. The number of methoxy groups -OCH3 is 3. The number of carbonyl (C=O) groups excluding carboxylic acids is 3. The van der Waals surface area contributed by atoms with Crippen molar-refractivity contribution >= 4 is 40.7 Å². The van der Waals surface area contributed by atoms with Gasteiger partial charge < -0.3 is 19.1 Å². The number of rotatable bonds is 5. The standard InChI is InChI=1S/C34H32ClNO6/c1-33(2,3)32(39)28-27(19-16-24(40-4)29(42-6)25(17-19)41-5)34(30(37)21-9-7-8-10-22(21)31(34)38)26-14-11-18-15-20(35)12-13-23(18)36(26)28/h7-17,26-28H,1-6H3/t26-,27-,28+/m1/s1. The first-order valence-corrected chi connectivity index (χ1v) is 14.2. The Labute approximate surface area is 250 Å². The third-order valence-corrected chi connectivity index (χ3v) is 9.05. The fourth-order valence-electron chi connectivity index (χ4n) is 7.05. The first kappa shape index (κ1) is 28.0. The number of Topliss-reactive ketones (excluding diaryl/α,β-unsaturated/α-hetero) is 3. The molecule has 0 N–H and O–H groups in total. The van der Waals surface area contributed by atoms with Gasteiger partial charge in [-0.05, 0) is 41.5 Å². The van der Waals surface area contributed by atoms with Gasteiger partial charge in [0.2, 0.25) is 5.75 Å². The normalized spacial score (nSPS) is 21.7. The zero-order valence-corrected chi connectivity index (χ0v) is 25.1. The molecule has 1 spiro atoms. The van der Waals surface area contributed by atoms with Crippen molar-refractivity contribution < 1.29 is 28.6 Å². The molecular weight excluding hydrogens is 554 g/mol. The van der Waals surface area contributed by atoms with Crippen molar-refractivity contribution in [2.45, 2.75) is 38.8 Å². The summed E-state index contributed by atoms with van der Waals surface area (Å²) in [7, 11) is 4.53. The Balaban J connectivity index is 1.73. The highest BCUT2D eigenvalue weighted by Crippen LogP contribution is 2.62. The van der Waals surface area contributed by atoms with E-state index in [0.29, 0.717) is 39.0 Å². The zero-order chi connectivity index (χ0) is 30.1. The van der Waals surface area contributed by atoms with Crippen LogP contribution in [0.15, 0.2) is 60.7 Å². The van der Waals surface area contributed by atoms with Crippen molar-refractivity contribution in [1.82, 2.24) is 0 Å². The van der Waals surface area contributed by atoms with E-state index in [0.717, 1.165) is 11.3 Å². The number of carbonyl (C=O) groups is 3. The van der Waals surface area contributed by atoms with Gasteiger partial charge in [0.15, 0.2) is 28.8 Å². The van der Waals surface area contributed by atoms with Gasteiger partial charge >= 0.3 is 0 Å². The lowest BCUT2D eigenvalue weighted by Crippen LogP contribution is -2.49. The van der Waals surface area contributed by atoms with Crippen molar-refractivity contribution in [3.63, 3.8) is 0 Å². The van der Waals surface area contributed by atoms with Crippen LogP contribution in [0.25, 0.3) is 6.08 Å². The molecule has 2 aliphatic heterocycles. The molecule has 0 saturated carbocycles. The minimum absolute atomic E-state index is 0.101. The van der Waals surface area contributed by atoms with Gasteiger partial charge in [-0.1, -0.05) is 68.8 Å². The molecule has 8 heteroatoms. The van der Waals surface area contributed by atoms with Gasteiger partial charge in [0.05, 0.1) is 33.4 Å². The average molecular weight is 586 g/mol. The fourth-order valence-corrected chi connectivity index (χ4v) is 7.23. The van der Waals surface area contributed by atoms with E-state index < -0.39 is 28.8 Å². The summed E-state index contributed by atoms with van der Waals surface area (Å²) in [6.07, 6.45) is 3.77. The number of nitrogens with zero attached hydrogens (tertiary/aromatic N) is 1. The molecule has 0 radical (unpaired) electrons. The van der Waals surface area contributed by atoms with Crippen LogP contribution in [-0.4, -0.2) is 50.8 Å². The van der Waals surface area contributed by atoms with Crippen molar-refractivity contribution in [3.05, 3.63) is 87.9 Å². The van der Waals surface area contributed by atoms with E-state index in [2.05, 4.69) is 0 Å². The Kier molecular flexibility index (Phi) is 6.50. The number of anilines is 1. The van der Waals surface area contributed by atoms with E-state index in [1.807, 2.05) is 50.0 Å². The molecule has 3 aromatic carbocycles. The summed E-state index contributed by atoms with van der Waals surface area (Å²) >= 11 is 6.37. The molecule has 42 heavy (non-hydrogen) atoms. The van der Waals surface area contributed by atoms with Crippen LogP contribution in [-0.2, 0) is 4.79 Å². The summed E-state index contributed by atoms with van der Waals surface area (Å²) in [5, 5.41) is 0.547. The molecule has 1 saturated heterocycles. The number of halogens is 1. The lowest BCUT2D eigenvalue weighted by Gasteiger charge is -2.38. The van der Waals surface area contributed by atoms with Crippen LogP contribution in [0.1, 0.15) is 58.5 Å². The topological polar surface area (TPSA) is 82.1 Å². The summed E-state index contributed by atoms with van der Waals surface area (Å²) in [5.74, 6) is -0.484. The van der Waals surface area contributed by atoms with Crippen molar-refractivity contribution in [2.24, 2.45) is 10.8 Å². The summed E-state index contributed by atoms with van der Waals surface area (Å²) in [6.45, 7) is 5.57. The van der Waals surface area contributed by atoms with Crippen LogP contribution in [0.3, 0.4) is 0 Å². The first-order chi connectivity index (χ1) is 20.0. The van der Waals surface area contributed by atoms with Crippen LogP contribution in [0.5, 0.6) is 17.2 Å². The van der Waals surface area contributed by atoms with Crippen molar-refractivity contribution in [2.75, 3.05) is 26.2 Å². The second kappa shape index (κ2) is 9.73. The highest BCUT2D eigenvalue weighted by atomic mass is 35.5. The zero-order valence-electron chi connectivity index (χ0n) is 24.4. The van der Waals surface area contributed by atoms with Gasteiger partial charge in [-0.2, -0.15) is 0 Å². The smallest absolute Gasteiger partial charge is 0.203 e. The Bertz CT molecular complexity index is 1630. The molecule has 0 aromatic heterocycles. The molecule has 2 heterocycles. The number of ether oxygens (including phenoxy) is 3. The lowest BCUT2D eigenvalue weighted by atomic mass is 9.63. The molecule has 1 fully saturated rings. The van der Waals surface area contributed by atoms with Gasteiger partial charge in [-0.3, -0.25) is 14.4 Å². The third kappa shape index (κ3) is 3.69. The molecule has 7 nitrogen and oxygen atoms in total. The van der Waals surface area contributed by atoms with Crippen LogP contribution in [0.2, 0.25) is 5.02 Å². The molecule has 0 amide bonds. The van der Waals surface area contributed by atoms with Crippen molar-refractivity contribution in [1.29, 1.82) is 0 Å². The highest BCUT2D eigenvalue weighted by Gasteiger charge is 2.72. The fraction of sp³-hybridized carbons (Fsp3) is 0.324. The first-order valence-electron chi connectivity index (χ1n) is 13.8. The molecule has 0 bridgehead atoms. The Morgan fingerprint density at radius 2 is 1.48 bits per heavy atom. The van der Waals surface area contributed by atoms with Crippen molar-refractivity contribution in [3.8, 4) is 17.2 Å². The van der Waals surface area contributed by atoms with Gasteiger partial charge in [-0.15, -0.1) is 0 Å². The SMILES string of the molecule is COc1cc([C@@H]2[C@@H](C(=O)C(C)(C)C)N3c4ccc(Cl)cc4C=C[C@@H]3C23C(=O)c2ccccc2C3=O)cc(OC)c1OC. The van der Waals surface area contributed by atoms with Crippen LogP contribution < -0.4 is 19.1 Å². The van der Waals surface area contributed by atoms with Gasteiger partial charge in [0, 0.05) is 33.2 Å². The second-order valence-electron chi connectivity index (χ2n) is 12.0. The summed E-state index contributed by atoms with van der Waals surface area (Å²) in [4.78, 5) is 46.2. The number of benzene rings is 3. The largest absolute Gasteiger partial charge is 0.493 e. The number of hydrogen-bond acceptors (Lipinski definition) is 7. The molecule has 6 rings (SSSR count). The lowest BCUT2D eigenvalue weighted by molar-refractivity contribution is -0.127. The van der Waals surface area contributed by atoms with Crippen LogP contribution >= 0.6 is 11.6 Å². The predicted octanol–water partition coefficient (Wildman–Crippen LogP) is 6.41. The number of fused-ring (bicyclic) bond motifs is 5. The van der Waals surface area contributed by atoms with Crippen LogP contribution in [0, 0.1) is 10.8 Å². The molecule has 3 aromatic rings. The van der Waals surface area contributed by atoms with E-state index in [1.54, 1.807) is 42.5 Å². The maximum atomic E-state index is 14.8. The predicted molar refractivity (Wildman–Crippen MR) is 161 cm³/mol. The summed E-state index contributed by atoms with van der Waals surface area (Å²) in [5.41, 5.74) is 0.401. The van der Waals surface area contributed by atoms with E-state index in [9.17, 15) is 14.4 Å². The van der Waals surface area contributed by atoms with E-state index >= 15 is 0 Å². The maximum Gasteiger partial charge on any atom is 0.203 e. The minimum Gasteiger partial charge on any atom is -0.493 e. The maximum absolute atomic E-state index is 14.8. The molecule has 1 aliphatic carbocycles. The van der Waals surface area contributed by atoms with Gasteiger partial charge in [0.1, 0.15) is 5.41 Å². The van der Waals surface area contributed by atoms with E-state index in [4.69, 9.17) is 25.8 Å². The Morgan fingerprint density at radius 3 is 2.00 bits per heavy atom. The van der Waals surface area contributed by atoms with Gasteiger partial charge in [-0.25, -0.2) is 0 Å². The Hall–Kier alpha value is -4.10. The third-order valence-electron chi connectivity index (χ3n) is 8.82. The monoisotopic (exact) mass is 585 g/mol. The Morgan fingerprint density at radius 1 is 0.881 bits per heavy atom. The van der Waals surface area contributed by atoms with E-state index in [1.165, 1.54) is 21.3 Å². The number of ketones is 3. The molecule has 0 unspecified atom stereocenters. The molecule has 3 aliphatic rings. The molecule has 3 atom stereocenters. The highest BCUT2D eigenvalue weighted by molar-refractivity contribution is 6.32. The van der Waals surface area contributed by atoms with Gasteiger partial charge in [0.25, 0.3) is 0 Å². The van der Waals surface area contributed by atoms with E-state index in [-0.39, 0.29) is 17.3 Å². The quantitative estimate of drug-likeness (QED) is 0.320.